The molecule has 3 aromatic rings. The highest BCUT2D eigenvalue weighted by Crippen LogP contribution is 2.32. The lowest BCUT2D eigenvalue weighted by molar-refractivity contribution is -0.385. The first kappa shape index (κ1) is 17.0. The average Bonchev–Trinajstić information content (AvgIpc) is 2.69. The maximum absolute atomic E-state index is 12.5. The van der Waals surface area contributed by atoms with Crippen LogP contribution < -0.4 is 4.74 Å². The van der Waals surface area contributed by atoms with E-state index in [4.69, 9.17) is 4.74 Å². The smallest absolute Gasteiger partial charge is 0.312 e. The van der Waals surface area contributed by atoms with Gasteiger partial charge in [-0.3, -0.25) is 19.7 Å². The monoisotopic (exact) mass is 347 g/mol. The Bertz CT molecular complexity index is 965. The Kier molecular flexibility index (Phi) is 4.85. The van der Waals surface area contributed by atoms with E-state index >= 15 is 0 Å². The predicted molar refractivity (Wildman–Crippen MR) is 94.9 cm³/mol. The summed E-state index contributed by atoms with van der Waals surface area (Å²) in [7, 11) is 0. The van der Waals surface area contributed by atoms with E-state index in [1.54, 1.807) is 42.5 Å². The van der Waals surface area contributed by atoms with Crippen LogP contribution in [0.2, 0.25) is 0 Å². The Morgan fingerprint density at radius 3 is 2.23 bits per heavy atom. The van der Waals surface area contributed by atoms with Crippen molar-refractivity contribution in [3.63, 3.8) is 0 Å². The van der Waals surface area contributed by atoms with Gasteiger partial charge in [-0.15, -0.1) is 0 Å². The van der Waals surface area contributed by atoms with E-state index in [0.29, 0.717) is 23.2 Å². The molecule has 0 aliphatic heterocycles. The second kappa shape index (κ2) is 7.40. The first-order valence-electron chi connectivity index (χ1n) is 7.70. The second-order valence-electron chi connectivity index (χ2n) is 5.42. The summed E-state index contributed by atoms with van der Waals surface area (Å²) in [6.45, 7) is 0. The molecule has 0 aliphatic carbocycles. The fourth-order valence-electron chi connectivity index (χ4n) is 2.39. The Hall–Kier alpha value is -3.80. The second-order valence-corrected chi connectivity index (χ2v) is 5.42. The minimum atomic E-state index is -0.600. The largest absolute Gasteiger partial charge is 0.450 e. The van der Waals surface area contributed by atoms with Gasteiger partial charge in [0.2, 0.25) is 5.75 Å². The fraction of sp³-hybridized carbons (Fsp3) is 0. The number of nitro benzene ring substituents is 1. The Morgan fingerprint density at radius 1 is 0.923 bits per heavy atom. The minimum Gasteiger partial charge on any atom is -0.450 e. The maximum atomic E-state index is 12.5. The quantitative estimate of drug-likeness (QED) is 0.285. The molecule has 0 heterocycles. The van der Waals surface area contributed by atoms with Crippen molar-refractivity contribution in [1.29, 1.82) is 0 Å². The molecule has 0 N–H and O–H groups in total. The summed E-state index contributed by atoms with van der Waals surface area (Å²) in [6.07, 6.45) is 0.691. The molecule has 0 fully saturated rings. The third-order valence-corrected chi connectivity index (χ3v) is 3.70. The highest BCUT2D eigenvalue weighted by molar-refractivity contribution is 6.09. The zero-order valence-electron chi connectivity index (χ0n) is 13.5. The molecule has 0 spiro atoms. The summed E-state index contributed by atoms with van der Waals surface area (Å²) in [4.78, 5) is 33.9. The van der Waals surface area contributed by atoms with Crippen molar-refractivity contribution in [2.45, 2.75) is 0 Å². The van der Waals surface area contributed by atoms with Crippen molar-refractivity contribution < 1.29 is 19.2 Å². The van der Waals surface area contributed by atoms with Crippen LogP contribution in [-0.4, -0.2) is 17.0 Å². The summed E-state index contributed by atoms with van der Waals surface area (Å²) in [6, 6.07) is 18.8. The first-order chi connectivity index (χ1) is 12.6. The SMILES string of the molecule is O=Cc1ccc(Oc2ccc(C(=O)c3ccccc3)cc2[N+](=O)[O-])cc1. The van der Waals surface area contributed by atoms with Gasteiger partial charge >= 0.3 is 5.69 Å². The van der Waals surface area contributed by atoms with Crippen LogP contribution >= 0.6 is 0 Å². The van der Waals surface area contributed by atoms with E-state index in [9.17, 15) is 19.7 Å². The zero-order valence-corrected chi connectivity index (χ0v) is 13.5. The molecule has 0 saturated heterocycles. The van der Waals surface area contributed by atoms with Crippen molar-refractivity contribution in [3.05, 3.63) is 99.6 Å². The van der Waals surface area contributed by atoms with Gasteiger partial charge in [-0.2, -0.15) is 0 Å². The van der Waals surface area contributed by atoms with Crippen molar-refractivity contribution >= 4 is 17.8 Å². The number of ketones is 1. The Morgan fingerprint density at radius 2 is 1.62 bits per heavy atom. The average molecular weight is 347 g/mol. The summed E-state index contributed by atoms with van der Waals surface area (Å²) < 4.78 is 5.54. The summed E-state index contributed by atoms with van der Waals surface area (Å²) in [5, 5.41) is 11.4. The molecular weight excluding hydrogens is 334 g/mol. The van der Waals surface area contributed by atoms with Gasteiger partial charge < -0.3 is 4.74 Å². The number of hydrogen-bond donors (Lipinski definition) is 0. The lowest BCUT2D eigenvalue weighted by atomic mass is 10.0. The molecule has 0 bridgehead atoms. The van der Waals surface area contributed by atoms with Crippen LogP contribution in [0.15, 0.2) is 72.8 Å². The normalized spacial score (nSPS) is 10.2. The van der Waals surface area contributed by atoms with Gasteiger partial charge in [0.05, 0.1) is 4.92 Å². The van der Waals surface area contributed by atoms with Crippen molar-refractivity contribution in [2.24, 2.45) is 0 Å². The standard InChI is InChI=1S/C20H13NO5/c22-13-14-6-9-17(10-7-14)26-19-11-8-16(12-18(19)21(24)25)20(23)15-4-2-1-3-5-15/h1-13H. The fourth-order valence-corrected chi connectivity index (χ4v) is 2.39. The maximum Gasteiger partial charge on any atom is 0.312 e. The van der Waals surface area contributed by atoms with Crippen LogP contribution in [0.1, 0.15) is 26.3 Å². The van der Waals surface area contributed by atoms with Crippen molar-refractivity contribution in [3.8, 4) is 11.5 Å². The molecule has 0 unspecified atom stereocenters. The van der Waals surface area contributed by atoms with Crippen LogP contribution in [0, 0.1) is 10.1 Å². The minimum absolute atomic E-state index is 0.0125. The summed E-state index contributed by atoms with van der Waals surface area (Å²) in [5.41, 5.74) is 0.799. The van der Waals surface area contributed by atoms with Gasteiger partial charge in [-0.1, -0.05) is 30.3 Å². The van der Waals surface area contributed by atoms with E-state index in [2.05, 4.69) is 0 Å². The lowest BCUT2D eigenvalue weighted by Crippen LogP contribution is -2.03. The highest BCUT2D eigenvalue weighted by atomic mass is 16.6. The molecule has 3 aromatic carbocycles. The van der Waals surface area contributed by atoms with Crippen LogP contribution in [0.4, 0.5) is 5.69 Å². The van der Waals surface area contributed by atoms with Gasteiger partial charge in [0.1, 0.15) is 12.0 Å². The van der Waals surface area contributed by atoms with E-state index in [1.165, 1.54) is 30.3 Å². The van der Waals surface area contributed by atoms with E-state index in [0.717, 1.165) is 0 Å². The number of hydrogen-bond acceptors (Lipinski definition) is 5. The number of benzene rings is 3. The van der Waals surface area contributed by atoms with Crippen LogP contribution in [0.25, 0.3) is 0 Å². The molecule has 0 amide bonds. The van der Waals surface area contributed by atoms with Crippen LogP contribution in [-0.2, 0) is 0 Å². The zero-order chi connectivity index (χ0) is 18.5. The molecule has 0 radical (unpaired) electrons. The molecular formula is C20H13NO5. The molecule has 0 atom stereocenters. The van der Waals surface area contributed by atoms with Crippen LogP contribution in [0.5, 0.6) is 11.5 Å². The third-order valence-electron chi connectivity index (χ3n) is 3.70. The van der Waals surface area contributed by atoms with Crippen LogP contribution in [0.3, 0.4) is 0 Å². The molecule has 0 aliphatic rings. The van der Waals surface area contributed by atoms with Gasteiger partial charge in [0.15, 0.2) is 5.78 Å². The van der Waals surface area contributed by atoms with Gasteiger partial charge in [0.25, 0.3) is 0 Å². The van der Waals surface area contributed by atoms with E-state index in [1.807, 2.05) is 0 Å². The molecule has 26 heavy (non-hydrogen) atoms. The lowest BCUT2D eigenvalue weighted by Gasteiger charge is -2.08. The summed E-state index contributed by atoms with van der Waals surface area (Å²) >= 11 is 0. The Labute approximate surface area is 148 Å². The van der Waals surface area contributed by atoms with Crippen molar-refractivity contribution in [1.82, 2.24) is 0 Å². The molecule has 6 nitrogen and oxygen atoms in total. The number of carbonyl (C=O) groups excluding carboxylic acids is 2. The van der Waals surface area contributed by atoms with E-state index < -0.39 is 4.92 Å². The Balaban J connectivity index is 1.92. The molecule has 3 rings (SSSR count). The number of rotatable bonds is 6. The molecule has 128 valence electrons. The predicted octanol–water partition coefficient (Wildman–Crippen LogP) is 4.43. The summed E-state index contributed by atoms with van der Waals surface area (Å²) in [5.74, 6) is 0.0508. The van der Waals surface area contributed by atoms with Crippen molar-refractivity contribution in [2.75, 3.05) is 0 Å². The highest BCUT2D eigenvalue weighted by Gasteiger charge is 2.20. The van der Waals surface area contributed by atoms with Gasteiger partial charge in [-0.25, -0.2) is 0 Å². The number of nitrogens with zero attached hydrogens (tertiary/aromatic N) is 1. The van der Waals surface area contributed by atoms with Gasteiger partial charge in [-0.05, 0) is 36.4 Å². The topological polar surface area (TPSA) is 86.5 Å². The number of ether oxygens (including phenoxy) is 1. The first-order valence-corrected chi connectivity index (χ1v) is 7.70. The molecule has 0 aromatic heterocycles. The van der Waals surface area contributed by atoms with E-state index in [-0.39, 0.29) is 22.8 Å². The number of nitro groups is 1. The number of carbonyl (C=O) groups is 2. The van der Waals surface area contributed by atoms with Gasteiger partial charge in [0, 0.05) is 22.8 Å². The number of aldehydes is 1. The molecule has 0 saturated carbocycles. The molecule has 6 heteroatoms. The third kappa shape index (κ3) is 3.64.